The third kappa shape index (κ3) is 4.87. The summed E-state index contributed by atoms with van der Waals surface area (Å²) in [5, 5.41) is 13.0. The number of likely N-dealkylation sites (tertiary alicyclic amines) is 1. The number of nitriles is 1. The standard InChI is InChI=1S/C21H25N3O3S/c1-2-27-16-8-6-15(7-9-16)17-12-19(25)23-21(18(17)13-22)28-14-20(26)24-10-4-3-5-11-24/h6-9,17H,2-5,10-12,14H2,1H3,(H,23,25)/t17-/m1/s1. The summed E-state index contributed by atoms with van der Waals surface area (Å²) < 4.78 is 5.46. The van der Waals surface area contributed by atoms with Gasteiger partial charge in [0.2, 0.25) is 11.8 Å². The summed E-state index contributed by atoms with van der Waals surface area (Å²) in [6.07, 6.45) is 3.47. The summed E-state index contributed by atoms with van der Waals surface area (Å²) >= 11 is 1.25. The van der Waals surface area contributed by atoms with Crippen LogP contribution in [0.3, 0.4) is 0 Å². The van der Waals surface area contributed by atoms with Gasteiger partial charge in [0.05, 0.1) is 29.0 Å². The molecule has 28 heavy (non-hydrogen) atoms. The van der Waals surface area contributed by atoms with Crippen LogP contribution in [0.4, 0.5) is 0 Å². The van der Waals surface area contributed by atoms with Crippen LogP contribution in [0.15, 0.2) is 34.9 Å². The Kier molecular flexibility index (Phi) is 6.99. The fraction of sp³-hybridized carbons (Fsp3) is 0.476. The van der Waals surface area contributed by atoms with Gasteiger partial charge in [0.15, 0.2) is 0 Å². The van der Waals surface area contributed by atoms with E-state index in [4.69, 9.17) is 4.74 Å². The van der Waals surface area contributed by atoms with Gasteiger partial charge in [-0.05, 0) is 43.9 Å². The highest BCUT2D eigenvalue weighted by atomic mass is 32.2. The highest BCUT2D eigenvalue weighted by Crippen LogP contribution is 2.36. The maximum atomic E-state index is 12.4. The van der Waals surface area contributed by atoms with E-state index >= 15 is 0 Å². The molecule has 2 aliphatic heterocycles. The minimum atomic E-state index is -0.304. The Bertz CT molecular complexity index is 792. The van der Waals surface area contributed by atoms with Crippen molar-refractivity contribution < 1.29 is 14.3 Å². The van der Waals surface area contributed by atoms with Gasteiger partial charge in [-0.2, -0.15) is 5.26 Å². The normalized spacial score (nSPS) is 19.8. The van der Waals surface area contributed by atoms with Gasteiger partial charge in [-0.3, -0.25) is 9.59 Å². The van der Waals surface area contributed by atoms with Gasteiger partial charge in [-0.1, -0.05) is 23.9 Å². The molecule has 1 aromatic rings. The van der Waals surface area contributed by atoms with Gasteiger partial charge in [-0.15, -0.1) is 0 Å². The van der Waals surface area contributed by atoms with Crippen LogP contribution in [-0.4, -0.2) is 42.2 Å². The lowest BCUT2D eigenvalue weighted by Gasteiger charge is -2.28. The van der Waals surface area contributed by atoms with Crippen molar-refractivity contribution in [3.63, 3.8) is 0 Å². The number of benzene rings is 1. The van der Waals surface area contributed by atoms with Crippen LogP contribution in [0.1, 0.15) is 44.1 Å². The van der Waals surface area contributed by atoms with Crippen LogP contribution in [-0.2, 0) is 9.59 Å². The summed E-state index contributed by atoms with van der Waals surface area (Å²) in [5.74, 6) is 0.618. The van der Waals surface area contributed by atoms with Gasteiger partial charge in [0.25, 0.3) is 0 Å². The van der Waals surface area contributed by atoms with E-state index in [0.29, 0.717) is 17.2 Å². The Morgan fingerprint density at radius 2 is 2.00 bits per heavy atom. The van der Waals surface area contributed by atoms with Gasteiger partial charge in [0.1, 0.15) is 5.75 Å². The van der Waals surface area contributed by atoms with Crippen molar-refractivity contribution in [3.8, 4) is 11.8 Å². The van der Waals surface area contributed by atoms with Crippen molar-refractivity contribution in [1.82, 2.24) is 10.2 Å². The number of carbonyl (C=O) groups is 2. The molecular formula is C21H25N3O3S. The van der Waals surface area contributed by atoms with Crippen molar-refractivity contribution >= 4 is 23.6 Å². The third-order valence-electron chi connectivity index (χ3n) is 5.00. The Morgan fingerprint density at radius 1 is 1.29 bits per heavy atom. The Hall–Kier alpha value is -2.46. The molecule has 0 bridgehead atoms. The molecular weight excluding hydrogens is 374 g/mol. The monoisotopic (exact) mass is 399 g/mol. The van der Waals surface area contributed by atoms with Crippen LogP contribution in [0.25, 0.3) is 0 Å². The molecule has 0 aliphatic carbocycles. The predicted molar refractivity (Wildman–Crippen MR) is 109 cm³/mol. The van der Waals surface area contributed by atoms with Crippen LogP contribution in [0, 0.1) is 11.3 Å². The first-order valence-electron chi connectivity index (χ1n) is 9.69. The number of allylic oxidation sites excluding steroid dienone is 1. The fourth-order valence-electron chi connectivity index (χ4n) is 3.55. The molecule has 0 saturated carbocycles. The molecule has 148 valence electrons. The van der Waals surface area contributed by atoms with E-state index < -0.39 is 0 Å². The number of thioether (sulfide) groups is 1. The molecule has 0 spiro atoms. The van der Waals surface area contributed by atoms with Crippen molar-refractivity contribution in [2.24, 2.45) is 0 Å². The molecule has 2 aliphatic rings. The lowest BCUT2D eigenvalue weighted by atomic mass is 9.87. The molecule has 0 aromatic heterocycles. The Balaban J connectivity index is 1.75. The second-order valence-corrected chi connectivity index (χ2v) is 7.88. The molecule has 1 N–H and O–H groups in total. The van der Waals surface area contributed by atoms with Crippen LogP contribution in [0.2, 0.25) is 0 Å². The Labute approximate surface area is 169 Å². The molecule has 1 fully saturated rings. The molecule has 2 heterocycles. The van der Waals surface area contributed by atoms with E-state index in [2.05, 4.69) is 11.4 Å². The van der Waals surface area contributed by atoms with Crippen LogP contribution in [0.5, 0.6) is 5.75 Å². The van der Waals surface area contributed by atoms with E-state index in [1.807, 2.05) is 36.1 Å². The quantitative estimate of drug-likeness (QED) is 0.794. The summed E-state index contributed by atoms with van der Waals surface area (Å²) in [7, 11) is 0. The zero-order valence-corrected chi connectivity index (χ0v) is 16.9. The largest absolute Gasteiger partial charge is 0.494 e. The number of carbonyl (C=O) groups excluding carboxylic acids is 2. The zero-order chi connectivity index (χ0) is 19.9. The fourth-order valence-corrected chi connectivity index (χ4v) is 4.53. The topological polar surface area (TPSA) is 82.4 Å². The van der Waals surface area contributed by atoms with E-state index in [0.717, 1.165) is 37.2 Å². The van der Waals surface area contributed by atoms with Crippen molar-refractivity contribution in [3.05, 3.63) is 40.4 Å². The second kappa shape index (κ2) is 9.65. The first-order valence-corrected chi connectivity index (χ1v) is 10.7. The van der Waals surface area contributed by atoms with Crippen molar-refractivity contribution in [2.75, 3.05) is 25.4 Å². The number of hydrogen-bond acceptors (Lipinski definition) is 5. The maximum absolute atomic E-state index is 12.4. The first-order chi connectivity index (χ1) is 13.6. The first kappa shape index (κ1) is 20.3. The molecule has 1 aromatic carbocycles. The molecule has 0 unspecified atom stereocenters. The summed E-state index contributed by atoms with van der Waals surface area (Å²) in [6.45, 7) is 4.10. The Morgan fingerprint density at radius 3 is 2.64 bits per heavy atom. The number of nitrogens with one attached hydrogen (secondary N) is 1. The average Bonchev–Trinajstić information content (AvgIpc) is 2.73. The van der Waals surface area contributed by atoms with E-state index in [1.54, 1.807) is 0 Å². The molecule has 3 rings (SSSR count). The van der Waals surface area contributed by atoms with Gasteiger partial charge in [-0.25, -0.2) is 0 Å². The van der Waals surface area contributed by atoms with E-state index in [1.165, 1.54) is 18.2 Å². The van der Waals surface area contributed by atoms with Gasteiger partial charge < -0.3 is 15.0 Å². The second-order valence-electron chi connectivity index (χ2n) is 6.89. The average molecular weight is 400 g/mol. The summed E-state index contributed by atoms with van der Waals surface area (Å²) in [5.41, 5.74) is 1.41. The maximum Gasteiger partial charge on any atom is 0.232 e. The SMILES string of the molecule is CCOc1ccc([C@H]2CC(=O)NC(SCC(=O)N3CCCCC3)=C2C#N)cc1. The molecule has 0 radical (unpaired) electrons. The number of piperidine rings is 1. The summed E-state index contributed by atoms with van der Waals surface area (Å²) in [6, 6.07) is 9.75. The number of nitrogens with zero attached hydrogens (tertiary/aromatic N) is 2. The molecule has 1 saturated heterocycles. The van der Waals surface area contributed by atoms with Crippen LogP contribution < -0.4 is 10.1 Å². The molecule has 7 heteroatoms. The lowest BCUT2D eigenvalue weighted by Crippen LogP contribution is -2.37. The predicted octanol–water partition coefficient (Wildman–Crippen LogP) is 3.17. The summed E-state index contributed by atoms with van der Waals surface area (Å²) in [4.78, 5) is 26.6. The van der Waals surface area contributed by atoms with Gasteiger partial charge >= 0.3 is 0 Å². The molecule has 6 nitrogen and oxygen atoms in total. The van der Waals surface area contributed by atoms with Crippen molar-refractivity contribution in [1.29, 1.82) is 5.26 Å². The minimum absolute atomic E-state index is 0.0620. The zero-order valence-electron chi connectivity index (χ0n) is 16.1. The van der Waals surface area contributed by atoms with Crippen molar-refractivity contribution in [2.45, 2.75) is 38.5 Å². The van der Waals surface area contributed by atoms with E-state index in [9.17, 15) is 14.9 Å². The highest BCUT2D eigenvalue weighted by Gasteiger charge is 2.30. The van der Waals surface area contributed by atoms with E-state index in [-0.39, 0.29) is 29.9 Å². The molecule has 2 amide bonds. The third-order valence-corrected chi connectivity index (χ3v) is 6.00. The number of ether oxygens (including phenoxy) is 1. The number of hydrogen-bond donors (Lipinski definition) is 1. The lowest BCUT2D eigenvalue weighted by molar-refractivity contribution is -0.129. The number of rotatable bonds is 6. The minimum Gasteiger partial charge on any atom is -0.494 e. The number of amides is 2. The highest BCUT2D eigenvalue weighted by molar-refractivity contribution is 8.03. The van der Waals surface area contributed by atoms with Crippen LogP contribution >= 0.6 is 11.8 Å². The van der Waals surface area contributed by atoms with Gasteiger partial charge in [0, 0.05) is 25.4 Å². The molecule has 1 atom stereocenters. The smallest absolute Gasteiger partial charge is 0.232 e.